The lowest BCUT2D eigenvalue weighted by Gasteiger charge is -2.25. The van der Waals surface area contributed by atoms with Gasteiger partial charge >= 0.3 is 0 Å². The van der Waals surface area contributed by atoms with Crippen LogP contribution in [-0.2, 0) is 12.8 Å². The summed E-state index contributed by atoms with van der Waals surface area (Å²) in [4.78, 5) is 4.73. The van der Waals surface area contributed by atoms with E-state index in [-0.39, 0.29) is 0 Å². The zero-order chi connectivity index (χ0) is 12.0. The quantitative estimate of drug-likeness (QED) is 0.780. The highest BCUT2D eigenvalue weighted by molar-refractivity contribution is 9.10. The van der Waals surface area contributed by atoms with Crippen LogP contribution < -0.4 is 0 Å². The van der Waals surface area contributed by atoms with Gasteiger partial charge < -0.3 is 4.40 Å². The van der Waals surface area contributed by atoms with E-state index >= 15 is 0 Å². The van der Waals surface area contributed by atoms with Crippen LogP contribution in [0.2, 0.25) is 0 Å². The molecule has 17 heavy (non-hydrogen) atoms. The molecular weight excluding hydrogens is 276 g/mol. The molecule has 2 aromatic rings. The topological polar surface area (TPSA) is 17.3 Å². The second kappa shape index (κ2) is 4.13. The summed E-state index contributed by atoms with van der Waals surface area (Å²) in [7, 11) is 0. The van der Waals surface area contributed by atoms with Gasteiger partial charge in [-0.25, -0.2) is 4.98 Å². The first kappa shape index (κ1) is 11.3. The number of hydrogen-bond donors (Lipinski definition) is 0. The molecule has 1 aliphatic rings. The van der Waals surface area contributed by atoms with Crippen molar-refractivity contribution in [1.82, 2.24) is 9.38 Å². The molecule has 0 aliphatic heterocycles. The lowest BCUT2D eigenvalue weighted by molar-refractivity contribution is 0.337. The van der Waals surface area contributed by atoms with E-state index in [4.69, 9.17) is 4.98 Å². The lowest BCUT2D eigenvalue weighted by atomic mass is 9.82. The normalized spacial score (nSPS) is 19.9. The number of rotatable bonds is 1. The number of hydrogen-bond acceptors (Lipinski definition) is 1. The van der Waals surface area contributed by atoms with Crippen molar-refractivity contribution >= 4 is 21.6 Å². The molecule has 3 rings (SSSR count). The molecule has 2 heterocycles. The van der Waals surface area contributed by atoms with Crippen molar-refractivity contribution in [1.29, 1.82) is 0 Å². The first-order chi connectivity index (χ1) is 8.15. The molecule has 0 saturated carbocycles. The largest absolute Gasteiger partial charge is 0.303 e. The number of imidazole rings is 1. The lowest BCUT2D eigenvalue weighted by Crippen LogP contribution is -2.19. The Hall–Kier alpha value is -0.830. The van der Waals surface area contributed by atoms with Gasteiger partial charge in [0.1, 0.15) is 5.65 Å². The number of halogens is 1. The molecule has 0 bridgehead atoms. The second-order valence-electron chi connectivity index (χ2n) is 5.33. The van der Waals surface area contributed by atoms with Crippen molar-refractivity contribution in [2.24, 2.45) is 11.8 Å². The van der Waals surface area contributed by atoms with Gasteiger partial charge in [-0.3, -0.25) is 0 Å². The number of fused-ring (bicyclic) bond motifs is 3. The van der Waals surface area contributed by atoms with E-state index in [1.807, 2.05) is 0 Å². The van der Waals surface area contributed by atoms with Crippen LogP contribution in [0.15, 0.2) is 22.8 Å². The van der Waals surface area contributed by atoms with Crippen molar-refractivity contribution in [3.63, 3.8) is 0 Å². The number of aryl methyl sites for hydroxylation is 1. The molecule has 3 heteroatoms. The summed E-state index contributed by atoms with van der Waals surface area (Å²) < 4.78 is 3.38. The van der Waals surface area contributed by atoms with Crippen molar-refractivity contribution in [2.75, 3.05) is 0 Å². The van der Waals surface area contributed by atoms with Gasteiger partial charge in [0.15, 0.2) is 0 Å². The molecule has 0 fully saturated rings. The maximum atomic E-state index is 4.73. The maximum absolute atomic E-state index is 4.73. The summed E-state index contributed by atoms with van der Waals surface area (Å²) in [6.07, 6.45) is 5.74. The Kier molecular flexibility index (Phi) is 2.74. The van der Waals surface area contributed by atoms with E-state index in [0.29, 0.717) is 0 Å². The third kappa shape index (κ3) is 1.90. The van der Waals surface area contributed by atoms with Crippen LogP contribution in [0, 0.1) is 11.8 Å². The smallest absolute Gasteiger partial charge is 0.137 e. The second-order valence-corrected chi connectivity index (χ2v) is 6.24. The Balaban J connectivity index is 2.10. The molecule has 90 valence electrons. The Morgan fingerprint density at radius 3 is 3.00 bits per heavy atom. The number of nitrogens with zero attached hydrogens (tertiary/aromatic N) is 2. The van der Waals surface area contributed by atoms with Crippen LogP contribution in [0.3, 0.4) is 0 Å². The van der Waals surface area contributed by atoms with Gasteiger partial charge in [-0.2, -0.15) is 0 Å². The minimum Gasteiger partial charge on any atom is -0.303 e. The Labute approximate surface area is 110 Å². The molecule has 1 aliphatic carbocycles. The highest BCUT2D eigenvalue weighted by atomic mass is 79.9. The Bertz CT molecular complexity index is 557. The molecule has 1 atom stereocenters. The minimum absolute atomic E-state index is 0.765. The summed E-state index contributed by atoms with van der Waals surface area (Å²) >= 11 is 3.54. The van der Waals surface area contributed by atoms with E-state index in [1.54, 1.807) is 0 Å². The summed E-state index contributed by atoms with van der Waals surface area (Å²) in [6, 6.07) is 4.15. The fourth-order valence-corrected chi connectivity index (χ4v) is 3.11. The van der Waals surface area contributed by atoms with E-state index in [9.17, 15) is 0 Å². The molecule has 0 spiro atoms. The highest BCUT2D eigenvalue weighted by Gasteiger charge is 2.25. The van der Waals surface area contributed by atoms with Crippen LogP contribution in [0.25, 0.3) is 5.65 Å². The monoisotopic (exact) mass is 292 g/mol. The van der Waals surface area contributed by atoms with Crippen LogP contribution in [0.5, 0.6) is 0 Å². The molecule has 1 unspecified atom stereocenters. The van der Waals surface area contributed by atoms with Gasteiger partial charge in [-0.1, -0.05) is 13.8 Å². The predicted molar refractivity (Wildman–Crippen MR) is 73.2 cm³/mol. The Morgan fingerprint density at radius 1 is 1.41 bits per heavy atom. The van der Waals surface area contributed by atoms with Crippen LogP contribution >= 0.6 is 15.9 Å². The molecule has 0 aromatic carbocycles. The molecule has 0 radical (unpaired) electrons. The van der Waals surface area contributed by atoms with Crippen molar-refractivity contribution < 1.29 is 0 Å². The molecule has 0 amide bonds. The van der Waals surface area contributed by atoms with Gasteiger partial charge in [0, 0.05) is 16.4 Å². The standard InChI is InChI=1S/C14H17BrN2/c1-9(2)10-3-5-12-13(7-10)17-8-11(15)4-6-14(17)16-12/h4,6,8-10H,3,5,7H2,1-2H3. The fraction of sp³-hybridized carbons (Fsp3) is 0.500. The zero-order valence-electron chi connectivity index (χ0n) is 10.3. The van der Waals surface area contributed by atoms with Crippen LogP contribution in [-0.4, -0.2) is 9.38 Å². The fourth-order valence-electron chi connectivity index (χ4n) is 2.77. The average molecular weight is 293 g/mol. The molecule has 2 aromatic heterocycles. The van der Waals surface area contributed by atoms with E-state index in [1.165, 1.54) is 24.2 Å². The van der Waals surface area contributed by atoms with Crippen LogP contribution in [0.1, 0.15) is 31.7 Å². The third-order valence-electron chi connectivity index (χ3n) is 3.91. The van der Waals surface area contributed by atoms with Crippen molar-refractivity contribution in [2.45, 2.75) is 33.1 Å². The third-order valence-corrected chi connectivity index (χ3v) is 4.38. The first-order valence-corrected chi connectivity index (χ1v) is 7.10. The summed E-state index contributed by atoms with van der Waals surface area (Å²) in [5, 5.41) is 0. The summed E-state index contributed by atoms with van der Waals surface area (Å²) in [6.45, 7) is 4.66. The van der Waals surface area contributed by atoms with Gasteiger partial charge in [0.2, 0.25) is 0 Å². The molecule has 2 nitrogen and oxygen atoms in total. The predicted octanol–water partition coefficient (Wildman–Crippen LogP) is 3.86. The van der Waals surface area contributed by atoms with Gasteiger partial charge in [0.05, 0.1) is 5.69 Å². The SMILES string of the molecule is CC(C)C1CCc2nc3ccc(Br)cn3c2C1. The van der Waals surface area contributed by atoms with E-state index < -0.39 is 0 Å². The van der Waals surface area contributed by atoms with E-state index in [2.05, 4.69) is 52.5 Å². The summed E-state index contributed by atoms with van der Waals surface area (Å²) in [5.41, 5.74) is 3.81. The summed E-state index contributed by atoms with van der Waals surface area (Å²) in [5.74, 6) is 1.57. The van der Waals surface area contributed by atoms with E-state index in [0.717, 1.165) is 28.4 Å². The number of pyridine rings is 1. The van der Waals surface area contributed by atoms with Crippen LogP contribution in [0.4, 0.5) is 0 Å². The molecule has 0 saturated heterocycles. The molecule has 0 N–H and O–H groups in total. The highest BCUT2D eigenvalue weighted by Crippen LogP contribution is 2.31. The van der Waals surface area contributed by atoms with Gasteiger partial charge in [-0.15, -0.1) is 0 Å². The Morgan fingerprint density at radius 2 is 2.24 bits per heavy atom. The first-order valence-electron chi connectivity index (χ1n) is 6.30. The maximum Gasteiger partial charge on any atom is 0.137 e. The average Bonchev–Trinajstić information content (AvgIpc) is 2.66. The van der Waals surface area contributed by atoms with Crippen molar-refractivity contribution in [3.8, 4) is 0 Å². The van der Waals surface area contributed by atoms with Gasteiger partial charge in [0.25, 0.3) is 0 Å². The van der Waals surface area contributed by atoms with Gasteiger partial charge in [-0.05, 0) is 59.2 Å². The minimum atomic E-state index is 0.765. The molecular formula is C14H17BrN2. The van der Waals surface area contributed by atoms with Crippen molar-refractivity contribution in [3.05, 3.63) is 34.2 Å². The number of aromatic nitrogens is 2. The zero-order valence-corrected chi connectivity index (χ0v) is 11.9.